The first-order chi connectivity index (χ1) is 17.3. The molecule has 3 aliphatic rings. The van der Waals surface area contributed by atoms with Crippen molar-refractivity contribution < 1.29 is 27.5 Å². The zero-order chi connectivity index (χ0) is 25.4. The Morgan fingerprint density at radius 2 is 1.94 bits per heavy atom. The number of anilines is 1. The van der Waals surface area contributed by atoms with E-state index in [0.29, 0.717) is 67.0 Å². The highest BCUT2D eigenvalue weighted by Crippen LogP contribution is 2.40. The van der Waals surface area contributed by atoms with Crippen molar-refractivity contribution in [3.63, 3.8) is 0 Å². The van der Waals surface area contributed by atoms with E-state index in [1.165, 1.54) is 4.31 Å². The Morgan fingerprint density at radius 1 is 1.14 bits per heavy atom. The summed E-state index contributed by atoms with van der Waals surface area (Å²) in [4.78, 5) is 27.2. The lowest BCUT2D eigenvalue weighted by Gasteiger charge is -2.32. The summed E-state index contributed by atoms with van der Waals surface area (Å²) >= 11 is 3.44. The number of carbonyl (C=O) groups excluding carboxylic acids is 2. The van der Waals surface area contributed by atoms with E-state index in [-0.39, 0.29) is 30.0 Å². The molecule has 36 heavy (non-hydrogen) atoms. The average molecular weight is 578 g/mol. The van der Waals surface area contributed by atoms with Crippen LogP contribution < -0.4 is 19.7 Å². The third-order valence-electron chi connectivity index (χ3n) is 6.87. The van der Waals surface area contributed by atoms with Gasteiger partial charge in [0, 0.05) is 37.1 Å². The SMILES string of the molecule is CCC(=O)N1CCc2cc(Br)cc(S(=O)(=O)N3CCCC(C(=O)NCc4ccc5c(c4)OCO5)C3)c21. The van der Waals surface area contributed by atoms with E-state index < -0.39 is 15.9 Å². The molecule has 9 nitrogen and oxygen atoms in total. The number of amides is 2. The van der Waals surface area contributed by atoms with Crippen LogP contribution in [-0.2, 0) is 32.6 Å². The number of benzene rings is 2. The molecule has 0 radical (unpaired) electrons. The smallest absolute Gasteiger partial charge is 0.245 e. The summed E-state index contributed by atoms with van der Waals surface area (Å²) in [6.07, 6.45) is 2.09. The normalized spacial score (nSPS) is 19.3. The Morgan fingerprint density at radius 3 is 2.75 bits per heavy atom. The quantitative estimate of drug-likeness (QED) is 0.565. The molecule has 0 bridgehead atoms. The molecule has 1 unspecified atom stereocenters. The Labute approximate surface area is 218 Å². The van der Waals surface area contributed by atoms with Crippen LogP contribution in [0.15, 0.2) is 39.7 Å². The molecule has 2 amide bonds. The molecular weight excluding hydrogens is 550 g/mol. The first-order valence-corrected chi connectivity index (χ1v) is 14.3. The molecule has 3 heterocycles. The van der Waals surface area contributed by atoms with Gasteiger partial charge in [-0.1, -0.05) is 28.9 Å². The van der Waals surface area contributed by atoms with Crippen LogP contribution in [0.25, 0.3) is 0 Å². The van der Waals surface area contributed by atoms with Gasteiger partial charge < -0.3 is 19.7 Å². The summed E-state index contributed by atoms with van der Waals surface area (Å²) in [5.41, 5.74) is 2.18. The van der Waals surface area contributed by atoms with E-state index >= 15 is 0 Å². The van der Waals surface area contributed by atoms with Gasteiger partial charge in [-0.05, 0) is 54.7 Å². The predicted octanol–water partition coefficient (Wildman–Crippen LogP) is 3.19. The molecule has 5 rings (SSSR count). The van der Waals surface area contributed by atoms with Crippen LogP contribution in [0.5, 0.6) is 11.5 Å². The number of rotatable bonds is 6. The van der Waals surface area contributed by atoms with Crippen molar-refractivity contribution in [1.29, 1.82) is 0 Å². The van der Waals surface area contributed by atoms with Crippen LogP contribution in [0.1, 0.15) is 37.3 Å². The first kappa shape index (κ1) is 25.0. The van der Waals surface area contributed by atoms with E-state index in [9.17, 15) is 18.0 Å². The number of sulfonamides is 1. The van der Waals surface area contributed by atoms with Gasteiger partial charge in [0.05, 0.1) is 11.6 Å². The van der Waals surface area contributed by atoms with Crippen LogP contribution in [-0.4, -0.2) is 51.0 Å². The van der Waals surface area contributed by atoms with Crippen LogP contribution >= 0.6 is 15.9 Å². The molecule has 1 N–H and O–H groups in total. The van der Waals surface area contributed by atoms with Gasteiger partial charge in [-0.25, -0.2) is 8.42 Å². The summed E-state index contributed by atoms with van der Waals surface area (Å²) in [5, 5.41) is 2.93. The Kier molecular flexibility index (Phi) is 6.97. The summed E-state index contributed by atoms with van der Waals surface area (Å²) in [7, 11) is -3.93. The maximum absolute atomic E-state index is 13.8. The van der Waals surface area contributed by atoms with Gasteiger partial charge in [-0.15, -0.1) is 0 Å². The Bertz CT molecular complexity index is 1320. The van der Waals surface area contributed by atoms with Crippen LogP contribution in [0.2, 0.25) is 0 Å². The Balaban J connectivity index is 1.32. The van der Waals surface area contributed by atoms with Gasteiger partial charge in [0.1, 0.15) is 4.90 Å². The average Bonchev–Trinajstić information content (AvgIpc) is 3.53. The van der Waals surface area contributed by atoms with Crippen molar-refractivity contribution in [2.75, 3.05) is 31.3 Å². The van der Waals surface area contributed by atoms with E-state index in [4.69, 9.17) is 9.47 Å². The number of piperidine rings is 1. The third-order valence-corrected chi connectivity index (χ3v) is 9.21. The topological polar surface area (TPSA) is 105 Å². The fourth-order valence-electron chi connectivity index (χ4n) is 5.00. The lowest BCUT2D eigenvalue weighted by Crippen LogP contribution is -2.45. The number of ether oxygens (including phenoxy) is 2. The zero-order valence-electron chi connectivity index (χ0n) is 20.0. The van der Waals surface area contributed by atoms with Crippen molar-refractivity contribution in [2.24, 2.45) is 5.92 Å². The van der Waals surface area contributed by atoms with E-state index in [1.807, 2.05) is 24.3 Å². The Hall–Kier alpha value is -2.63. The lowest BCUT2D eigenvalue weighted by atomic mass is 9.98. The number of fused-ring (bicyclic) bond motifs is 2. The van der Waals surface area contributed by atoms with Gasteiger partial charge >= 0.3 is 0 Å². The van der Waals surface area contributed by atoms with Crippen LogP contribution in [0.3, 0.4) is 0 Å². The minimum Gasteiger partial charge on any atom is -0.454 e. The van der Waals surface area contributed by atoms with E-state index in [1.54, 1.807) is 17.9 Å². The number of nitrogens with one attached hydrogen (secondary N) is 1. The van der Waals surface area contributed by atoms with E-state index in [2.05, 4.69) is 21.2 Å². The highest BCUT2D eigenvalue weighted by molar-refractivity contribution is 9.10. The van der Waals surface area contributed by atoms with Gasteiger partial charge in [0.2, 0.25) is 28.6 Å². The molecule has 0 aromatic heterocycles. The number of carbonyl (C=O) groups is 2. The van der Waals surface area contributed by atoms with Gasteiger partial charge in [-0.3, -0.25) is 9.59 Å². The molecule has 2 aromatic rings. The number of hydrogen-bond donors (Lipinski definition) is 1. The molecular formula is C25H28BrN3O6S. The molecule has 0 aliphatic carbocycles. The first-order valence-electron chi connectivity index (χ1n) is 12.1. The molecule has 3 aliphatic heterocycles. The van der Waals surface area contributed by atoms with Crippen molar-refractivity contribution in [2.45, 2.75) is 44.0 Å². The van der Waals surface area contributed by atoms with Crippen molar-refractivity contribution in [3.8, 4) is 11.5 Å². The fraction of sp³-hybridized carbons (Fsp3) is 0.440. The fourth-order valence-corrected chi connectivity index (χ4v) is 7.45. The summed E-state index contributed by atoms with van der Waals surface area (Å²) in [6.45, 7) is 3.15. The molecule has 1 saturated heterocycles. The largest absolute Gasteiger partial charge is 0.454 e. The second kappa shape index (κ2) is 10.0. The number of hydrogen-bond acceptors (Lipinski definition) is 6. The number of nitrogens with zero attached hydrogens (tertiary/aromatic N) is 2. The summed E-state index contributed by atoms with van der Waals surface area (Å²) < 4.78 is 40.4. The second-order valence-corrected chi connectivity index (χ2v) is 12.0. The predicted molar refractivity (Wildman–Crippen MR) is 136 cm³/mol. The molecule has 11 heteroatoms. The standard InChI is InChI=1S/C25H28BrN3O6S/c1-2-23(30)29-9-7-17-11-19(26)12-22(24(17)29)36(32,33)28-8-3-4-18(14-28)25(31)27-13-16-5-6-20-21(10-16)35-15-34-20/h5-6,10-12,18H,2-4,7-9,13-15H2,1H3,(H,27,31). The molecule has 2 aromatic carbocycles. The summed E-state index contributed by atoms with van der Waals surface area (Å²) in [5.74, 6) is 0.572. The third kappa shape index (κ3) is 4.71. The molecule has 0 spiro atoms. The molecule has 192 valence electrons. The minimum absolute atomic E-state index is 0.0956. The lowest BCUT2D eigenvalue weighted by molar-refractivity contribution is -0.126. The maximum atomic E-state index is 13.8. The highest BCUT2D eigenvalue weighted by Gasteiger charge is 2.38. The van der Waals surface area contributed by atoms with Crippen molar-refractivity contribution >= 4 is 43.5 Å². The monoisotopic (exact) mass is 577 g/mol. The van der Waals surface area contributed by atoms with Crippen molar-refractivity contribution in [1.82, 2.24) is 9.62 Å². The zero-order valence-corrected chi connectivity index (χ0v) is 22.4. The van der Waals surface area contributed by atoms with Gasteiger partial charge in [0.25, 0.3) is 0 Å². The van der Waals surface area contributed by atoms with Crippen LogP contribution in [0, 0.1) is 5.92 Å². The van der Waals surface area contributed by atoms with Gasteiger partial charge in [0.15, 0.2) is 11.5 Å². The van der Waals surface area contributed by atoms with Crippen LogP contribution in [0.4, 0.5) is 5.69 Å². The molecule has 0 saturated carbocycles. The summed E-state index contributed by atoms with van der Waals surface area (Å²) in [6, 6.07) is 8.94. The van der Waals surface area contributed by atoms with E-state index in [0.717, 1.165) is 11.1 Å². The second-order valence-electron chi connectivity index (χ2n) is 9.17. The molecule has 1 atom stereocenters. The maximum Gasteiger partial charge on any atom is 0.245 e. The minimum atomic E-state index is -3.93. The van der Waals surface area contributed by atoms with Gasteiger partial charge in [-0.2, -0.15) is 4.31 Å². The molecule has 1 fully saturated rings. The highest BCUT2D eigenvalue weighted by atomic mass is 79.9. The number of halogens is 1. The van der Waals surface area contributed by atoms with Crippen molar-refractivity contribution in [3.05, 3.63) is 45.9 Å².